The fraction of sp³-hybridized carbons (Fsp3) is 0.318. The topological polar surface area (TPSA) is 66.6 Å². The van der Waals surface area contributed by atoms with Crippen molar-refractivity contribution in [1.82, 2.24) is 4.90 Å². The number of halogens is 3. The van der Waals surface area contributed by atoms with Crippen molar-refractivity contribution >= 4 is 40.9 Å². The molecule has 0 radical (unpaired) electrons. The van der Waals surface area contributed by atoms with Crippen molar-refractivity contribution in [3.8, 4) is 0 Å². The minimum atomic E-state index is -0.987. The van der Waals surface area contributed by atoms with Crippen LogP contribution in [0.25, 0.3) is 0 Å². The largest absolute Gasteiger partial charge is 0.477 e. The molecule has 0 aliphatic carbocycles. The second-order valence-electron chi connectivity index (χ2n) is 7.78. The average Bonchev–Trinajstić information content (AvgIpc) is 3.10. The Morgan fingerprint density at radius 3 is 2.40 bits per heavy atom. The SMILES string of the molecule is CC(C)C1=C(C(=O)O)SCN1C(c1ccc(Cl)c(F)c1)[C@@](C)(N)c1ccc(Cl)cc1. The Labute approximate surface area is 189 Å². The van der Waals surface area contributed by atoms with Crippen molar-refractivity contribution in [1.29, 1.82) is 0 Å². The summed E-state index contributed by atoms with van der Waals surface area (Å²) in [4.78, 5) is 14.1. The summed E-state index contributed by atoms with van der Waals surface area (Å²) >= 11 is 13.2. The van der Waals surface area contributed by atoms with E-state index in [0.717, 1.165) is 5.56 Å². The number of carbonyl (C=O) groups is 1. The molecular weight excluding hydrogens is 446 g/mol. The zero-order valence-corrected chi connectivity index (χ0v) is 19.2. The summed E-state index contributed by atoms with van der Waals surface area (Å²) in [6, 6.07) is 11.2. The summed E-state index contributed by atoms with van der Waals surface area (Å²) in [5.74, 6) is -1.19. The van der Waals surface area contributed by atoms with E-state index < -0.39 is 23.4 Å². The fourth-order valence-electron chi connectivity index (χ4n) is 3.89. The van der Waals surface area contributed by atoms with Crippen molar-refractivity contribution < 1.29 is 14.3 Å². The third-order valence-electron chi connectivity index (χ3n) is 5.24. The van der Waals surface area contributed by atoms with Crippen LogP contribution in [0.2, 0.25) is 10.0 Å². The van der Waals surface area contributed by atoms with Crippen molar-refractivity contribution in [3.63, 3.8) is 0 Å². The molecule has 160 valence electrons. The summed E-state index contributed by atoms with van der Waals surface area (Å²) < 4.78 is 14.4. The van der Waals surface area contributed by atoms with Crippen LogP contribution in [0.4, 0.5) is 4.39 Å². The van der Waals surface area contributed by atoms with Crippen LogP contribution in [0.5, 0.6) is 0 Å². The molecule has 0 aromatic heterocycles. The van der Waals surface area contributed by atoms with Gasteiger partial charge in [0.15, 0.2) is 0 Å². The molecule has 1 aliphatic rings. The van der Waals surface area contributed by atoms with E-state index in [1.165, 1.54) is 23.9 Å². The van der Waals surface area contributed by atoms with Crippen LogP contribution in [-0.2, 0) is 10.3 Å². The van der Waals surface area contributed by atoms with E-state index in [0.29, 0.717) is 22.2 Å². The van der Waals surface area contributed by atoms with Crippen molar-refractivity contribution in [2.45, 2.75) is 32.4 Å². The van der Waals surface area contributed by atoms with Gasteiger partial charge >= 0.3 is 5.97 Å². The molecule has 0 bridgehead atoms. The van der Waals surface area contributed by atoms with Gasteiger partial charge in [0.1, 0.15) is 10.7 Å². The number of hydrogen-bond donors (Lipinski definition) is 2. The van der Waals surface area contributed by atoms with E-state index in [1.54, 1.807) is 18.2 Å². The van der Waals surface area contributed by atoms with E-state index >= 15 is 0 Å². The van der Waals surface area contributed by atoms with Gasteiger partial charge in [-0.1, -0.05) is 67.0 Å². The van der Waals surface area contributed by atoms with Crippen LogP contribution in [-0.4, -0.2) is 21.9 Å². The Morgan fingerprint density at radius 2 is 1.87 bits per heavy atom. The highest BCUT2D eigenvalue weighted by molar-refractivity contribution is 8.04. The van der Waals surface area contributed by atoms with Gasteiger partial charge in [0.25, 0.3) is 0 Å². The summed E-state index contributed by atoms with van der Waals surface area (Å²) in [5.41, 5.74) is 8.00. The molecular formula is C22H23Cl2FN2O2S. The number of nitrogens with zero attached hydrogens (tertiary/aromatic N) is 1. The van der Waals surface area contributed by atoms with E-state index in [-0.39, 0.29) is 15.8 Å². The predicted octanol–water partition coefficient (Wildman–Crippen LogP) is 6.01. The molecule has 1 aliphatic heterocycles. The Kier molecular flexibility index (Phi) is 6.72. The van der Waals surface area contributed by atoms with E-state index in [2.05, 4.69) is 0 Å². The zero-order valence-electron chi connectivity index (χ0n) is 16.8. The second kappa shape index (κ2) is 8.79. The fourth-order valence-corrected chi connectivity index (χ4v) is 5.31. The minimum Gasteiger partial charge on any atom is -0.477 e. The normalized spacial score (nSPS) is 17.4. The molecule has 4 nitrogen and oxygen atoms in total. The van der Waals surface area contributed by atoms with Crippen LogP contribution < -0.4 is 5.73 Å². The third kappa shape index (κ3) is 4.33. The molecule has 2 aromatic rings. The molecule has 0 spiro atoms. The predicted molar refractivity (Wildman–Crippen MR) is 121 cm³/mol. The third-order valence-corrected chi connectivity index (χ3v) is 6.87. The molecule has 30 heavy (non-hydrogen) atoms. The number of aliphatic carboxylic acids is 1. The van der Waals surface area contributed by atoms with E-state index in [4.69, 9.17) is 28.9 Å². The quantitative estimate of drug-likeness (QED) is 0.543. The number of hydrogen-bond acceptors (Lipinski definition) is 4. The highest BCUT2D eigenvalue weighted by atomic mass is 35.5. The monoisotopic (exact) mass is 468 g/mol. The van der Waals surface area contributed by atoms with Gasteiger partial charge in [-0.15, -0.1) is 0 Å². The molecule has 1 heterocycles. The van der Waals surface area contributed by atoms with Crippen molar-refractivity contribution in [2.75, 3.05) is 5.88 Å². The zero-order chi connectivity index (χ0) is 22.2. The smallest absolute Gasteiger partial charge is 0.344 e. The van der Waals surface area contributed by atoms with Crippen LogP contribution in [0.1, 0.15) is 37.9 Å². The number of allylic oxidation sites excluding steroid dienone is 1. The van der Waals surface area contributed by atoms with Crippen LogP contribution in [0.15, 0.2) is 53.1 Å². The molecule has 1 unspecified atom stereocenters. The highest BCUT2D eigenvalue weighted by Gasteiger charge is 2.43. The molecule has 2 aromatic carbocycles. The second-order valence-corrected chi connectivity index (χ2v) is 9.58. The number of rotatable bonds is 6. The van der Waals surface area contributed by atoms with Gasteiger partial charge in [-0.2, -0.15) is 0 Å². The standard InChI is InChI=1S/C22H23Cl2FN2O2S/c1-12(2)18-19(21(28)29)30-11-27(18)20(13-4-9-16(24)17(25)10-13)22(3,26)14-5-7-15(23)8-6-14/h4-10,12,20H,11,26H2,1-3H3,(H,28,29)/t20?,22-/m0/s1. The first-order valence-electron chi connectivity index (χ1n) is 9.40. The van der Waals surface area contributed by atoms with E-state index in [1.807, 2.05) is 37.8 Å². The maximum Gasteiger partial charge on any atom is 0.344 e. The molecule has 0 saturated carbocycles. The molecule has 3 rings (SSSR count). The first-order chi connectivity index (χ1) is 14.0. The van der Waals surface area contributed by atoms with Gasteiger partial charge < -0.3 is 15.7 Å². The maximum absolute atomic E-state index is 14.4. The van der Waals surface area contributed by atoms with Gasteiger partial charge in [-0.3, -0.25) is 0 Å². The van der Waals surface area contributed by atoms with Gasteiger partial charge in [0, 0.05) is 10.7 Å². The van der Waals surface area contributed by atoms with Gasteiger partial charge in [-0.05, 0) is 48.2 Å². The number of benzene rings is 2. The molecule has 0 saturated heterocycles. The summed E-state index contributed by atoms with van der Waals surface area (Å²) in [7, 11) is 0. The minimum absolute atomic E-state index is 0.0179. The average molecular weight is 469 g/mol. The van der Waals surface area contributed by atoms with Gasteiger partial charge in [0.2, 0.25) is 0 Å². The van der Waals surface area contributed by atoms with Crippen LogP contribution in [0.3, 0.4) is 0 Å². The number of carboxylic acids is 1. The Morgan fingerprint density at radius 1 is 1.23 bits per heavy atom. The summed E-state index contributed by atoms with van der Waals surface area (Å²) in [6.45, 7) is 5.73. The Hall–Kier alpha value is -1.73. The molecule has 0 amide bonds. The Bertz CT molecular complexity index is 993. The lowest BCUT2D eigenvalue weighted by molar-refractivity contribution is -0.131. The van der Waals surface area contributed by atoms with Crippen molar-refractivity contribution in [2.24, 2.45) is 11.7 Å². The molecule has 8 heteroatoms. The Balaban J connectivity index is 2.21. The lowest BCUT2D eigenvalue weighted by atomic mass is 9.80. The highest BCUT2D eigenvalue weighted by Crippen LogP contribution is 2.47. The lowest BCUT2D eigenvalue weighted by Gasteiger charge is -2.43. The first-order valence-corrected chi connectivity index (χ1v) is 11.1. The first kappa shape index (κ1) is 22.9. The molecule has 0 fully saturated rings. The molecule has 2 atom stereocenters. The van der Waals surface area contributed by atoms with Crippen LogP contribution >= 0.6 is 35.0 Å². The summed E-state index contributed by atoms with van der Waals surface area (Å²) in [5, 5.41) is 10.3. The number of nitrogens with two attached hydrogens (primary N) is 1. The maximum atomic E-state index is 14.4. The van der Waals surface area contributed by atoms with E-state index in [9.17, 15) is 14.3 Å². The van der Waals surface area contributed by atoms with Gasteiger partial charge in [-0.25, -0.2) is 9.18 Å². The summed E-state index contributed by atoms with van der Waals surface area (Å²) in [6.07, 6.45) is 0. The number of thioether (sulfide) groups is 1. The van der Waals surface area contributed by atoms with Gasteiger partial charge in [0.05, 0.1) is 22.5 Å². The lowest BCUT2D eigenvalue weighted by Crippen LogP contribution is -2.47. The number of carboxylic acid groups (broad SMARTS) is 1. The molecule has 3 N–H and O–H groups in total. The van der Waals surface area contributed by atoms with Crippen LogP contribution in [0, 0.1) is 11.7 Å². The van der Waals surface area contributed by atoms with Crippen molar-refractivity contribution in [3.05, 3.63) is 80.1 Å².